The lowest BCUT2D eigenvalue weighted by molar-refractivity contribution is -0.385. The number of rotatable bonds is 5. The Hall–Kier alpha value is -4.07. The van der Waals surface area contributed by atoms with Gasteiger partial charge < -0.3 is 0 Å². The molecule has 0 unspecified atom stereocenters. The van der Waals surface area contributed by atoms with Gasteiger partial charge in [0, 0.05) is 12.5 Å². The second kappa shape index (κ2) is 9.05. The van der Waals surface area contributed by atoms with Crippen LogP contribution < -0.4 is 0 Å². The van der Waals surface area contributed by atoms with Gasteiger partial charge in [0.2, 0.25) is 5.69 Å². The minimum Gasteiger partial charge on any atom is -0.265 e. The van der Waals surface area contributed by atoms with Gasteiger partial charge in [0.1, 0.15) is 6.20 Å². The summed E-state index contributed by atoms with van der Waals surface area (Å²) in [5, 5.41) is 22.1. The molecule has 1 fully saturated rings. The third-order valence-electron chi connectivity index (χ3n) is 6.46. The molecule has 8 nitrogen and oxygen atoms in total. The Kier molecular flexibility index (Phi) is 5.79. The second-order valence-electron chi connectivity index (χ2n) is 8.55. The zero-order valence-electron chi connectivity index (χ0n) is 18.9. The molecule has 1 amide bonds. The average Bonchev–Trinajstić information content (AvgIpc) is 3.48. The third-order valence-corrected chi connectivity index (χ3v) is 6.46. The number of hydrogen-bond donors (Lipinski definition) is 0. The lowest BCUT2D eigenvalue weighted by atomic mass is 9.77. The lowest BCUT2D eigenvalue weighted by Gasteiger charge is -2.29. The van der Waals surface area contributed by atoms with E-state index in [9.17, 15) is 14.9 Å². The first-order valence-electron chi connectivity index (χ1n) is 11.5. The number of allylic oxidation sites excluding steroid dienone is 1. The van der Waals surface area contributed by atoms with Gasteiger partial charge in [0.05, 0.1) is 16.7 Å². The highest BCUT2D eigenvalue weighted by Crippen LogP contribution is 2.45. The van der Waals surface area contributed by atoms with Gasteiger partial charge in [-0.05, 0) is 49.0 Å². The highest BCUT2D eigenvalue weighted by Gasteiger charge is 2.45. The van der Waals surface area contributed by atoms with Gasteiger partial charge in [-0.25, -0.2) is 5.01 Å². The van der Waals surface area contributed by atoms with E-state index < -0.39 is 10.8 Å². The smallest absolute Gasteiger partial charge is 0.265 e. The van der Waals surface area contributed by atoms with Gasteiger partial charge in [-0.1, -0.05) is 60.7 Å². The monoisotopic (exact) mass is 455 g/mol. The summed E-state index contributed by atoms with van der Waals surface area (Å²) in [5.74, 6) is -0.531. The fraction of sp³-hybridized carbons (Fsp3) is 0.269. The number of hydrazone groups is 1. The topological polar surface area (TPSA) is 93.6 Å². The first-order valence-corrected chi connectivity index (χ1v) is 11.5. The molecule has 0 bridgehead atoms. The summed E-state index contributed by atoms with van der Waals surface area (Å²) in [7, 11) is 0. The normalized spacial score (nSPS) is 20.8. The number of nitrogens with zero attached hydrogens (tertiary/aromatic N) is 5. The molecule has 172 valence electrons. The van der Waals surface area contributed by atoms with E-state index in [4.69, 9.17) is 5.10 Å². The maximum Gasteiger partial charge on any atom is 0.320 e. The van der Waals surface area contributed by atoms with Crippen LogP contribution >= 0.6 is 0 Å². The largest absolute Gasteiger partial charge is 0.320 e. The molecule has 2 atom stereocenters. The predicted octanol–water partition coefficient (Wildman–Crippen LogP) is 5.25. The maximum absolute atomic E-state index is 13.7. The van der Waals surface area contributed by atoms with E-state index in [1.54, 1.807) is 0 Å². The van der Waals surface area contributed by atoms with Gasteiger partial charge in [0.25, 0.3) is 0 Å². The van der Waals surface area contributed by atoms with Crippen LogP contribution in [0, 0.1) is 16.0 Å². The van der Waals surface area contributed by atoms with Crippen LogP contribution in [0.3, 0.4) is 0 Å². The van der Waals surface area contributed by atoms with Crippen molar-refractivity contribution in [3.05, 3.63) is 99.4 Å². The molecule has 2 aromatic carbocycles. The van der Waals surface area contributed by atoms with E-state index in [0.29, 0.717) is 6.54 Å². The van der Waals surface area contributed by atoms with Crippen LogP contribution in [0.2, 0.25) is 0 Å². The van der Waals surface area contributed by atoms with Crippen molar-refractivity contribution in [2.24, 2.45) is 11.0 Å². The van der Waals surface area contributed by atoms with Crippen LogP contribution in [-0.4, -0.2) is 31.3 Å². The lowest BCUT2D eigenvalue weighted by Crippen LogP contribution is -2.32. The zero-order chi connectivity index (χ0) is 23.7. The number of carbonyl (C=O) groups excluding carboxylic acids is 1. The summed E-state index contributed by atoms with van der Waals surface area (Å²) < 4.78 is 1.42. The molecule has 3 aromatic rings. The summed E-state index contributed by atoms with van der Waals surface area (Å²) in [5.41, 5.74) is 3.55. The Morgan fingerprint density at radius 1 is 1.15 bits per heavy atom. The van der Waals surface area contributed by atoms with Gasteiger partial charge in [-0.3, -0.25) is 19.6 Å². The summed E-state index contributed by atoms with van der Waals surface area (Å²) in [4.78, 5) is 24.8. The molecule has 2 heterocycles. The van der Waals surface area contributed by atoms with Crippen LogP contribution in [-0.2, 0) is 6.54 Å². The second-order valence-corrected chi connectivity index (χ2v) is 8.55. The molecular formula is C26H25N5O3. The van der Waals surface area contributed by atoms with Crippen molar-refractivity contribution in [1.29, 1.82) is 0 Å². The number of carbonyl (C=O) groups is 1. The number of aromatic nitrogens is 2. The van der Waals surface area contributed by atoms with E-state index in [1.165, 1.54) is 15.9 Å². The van der Waals surface area contributed by atoms with Crippen LogP contribution in [0.1, 0.15) is 53.8 Å². The standard InChI is InChI=1S/C26H25N5O3/c1-2-29-17-22(31(33)34)24(27-29)26(32)30-25(19-12-7-4-8-13-19)21-15-9-14-20(23(21)28-30)16-18-10-5-3-6-11-18/h3-8,10-13,16-17,21,25H,2,9,14-15H2,1H3/b20-16+/t21-,25+/m0/s1. The van der Waals surface area contributed by atoms with E-state index in [-0.39, 0.29) is 23.3 Å². The Balaban J connectivity index is 1.61. The van der Waals surface area contributed by atoms with Crippen molar-refractivity contribution in [3.8, 4) is 0 Å². The summed E-state index contributed by atoms with van der Waals surface area (Å²) >= 11 is 0. The molecule has 2 aliphatic rings. The predicted molar refractivity (Wildman–Crippen MR) is 129 cm³/mol. The molecule has 0 saturated heterocycles. The Morgan fingerprint density at radius 2 is 1.85 bits per heavy atom. The quantitative estimate of drug-likeness (QED) is 0.388. The van der Waals surface area contributed by atoms with Crippen molar-refractivity contribution < 1.29 is 9.72 Å². The molecule has 1 saturated carbocycles. The molecule has 0 spiro atoms. The van der Waals surface area contributed by atoms with Gasteiger partial charge in [0.15, 0.2) is 0 Å². The number of amides is 1. The highest BCUT2D eigenvalue weighted by atomic mass is 16.6. The Bertz CT molecular complexity index is 1280. The van der Waals surface area contributed by atoms with Crippen LogP contribution in [0.25, 0.3) is 6.08 Å². The van der Waals surface area contributed by atoms with Gasteiger partial charge in [-0.2, -0.15) is 10.2 Å². The third kappa shape index (κ3) is 3.91. The molecule has 8 heteroatoms. The first kappa shape index (κ1) is 21.8. The SMILES string of the molecule is CCn1cc([N+](=O)[O-])c(C(=O)N2N=C3/C(=C/c4ccccc4)CCC[C@@H]3[C@H]2c2ccccc2)n1. The molecule has 5 rings (SSSR count). The number of aryl methyl sites for hydroxylation is 1. The van der Waals surface area contributed by atoms with E-state index in [2.05, 4.69) is 11.2 Å². The molecule has 1 aromatic heterocycles. The minimum absolute atomic E-state index is 0.0161. The molecule has 34 heavy (non-hydrogen) atoms. The zero-order valence-corrected chi connectivity index (χ0v) is 18.9. The Labute approximate surface area is 197 Å². The summed E-state index contributed by atoms with van der Waals surface area (Å²) in [6.45, 7) is 2.25. The van der Waals surface area contributed by atoms with Crippen molar-refractivity contribution in [2.45, 2.75) is 38.8 Å². The molecule has 0 N–H and O–H groups in total. The number of benzene rings is 2. The molecule has 1 aliphatic carbocycles. The number of nitro groups is 1. The van der Waals surface area contributed by atoms with Crippen LogP contribution in [0.5, 0.6) is 0 Å². The van der Waals surface area contributed by atoms with Crippen molar-refractivity contribution in [3.63, 3.8) is 0 Å². The molecule has 1 aliphatic heterocycles. The van der Waals surface area contributed by atoms with Gasteiger partial charge in [-0.15, -0.1) is 0 Å². The number of fused-ring (bicyclic) bond motifs is 1. The minimum atomic E-state index is -0.555. The van der Waals surface area contributed by atoms with Gasteiger partial charge >= 0.3 is 11.6 Å². The van der Waals surface area contributed by atoms with Crippen LogP contribution in [0.4, 0.5) is 5.69 Å². The summed E-state index contributed by atoms with van der Waals surface area (Å²) in [6.07, 6.45) is 6.19. The van der Waals surface area contributed by atoms with E-state index >= 15 is 0 Å². The van der Waals surface area contributed by atoms with Crippen LogP contribution in [0.15, 0.2) is 77.5 Å². The van der Waals surface area contributed by atoms with E-state index in [1.807, 2.05) is 67.6 Å². The highest BCUT2D eigenvalue weighted by molar-refractivity contribution is 6.09. The fourth-order valence-electron chi connectivity index (χ4n) is 4.87. The maximum atomic E-state index is 13.7. The molecule has 0 radical (unpaired) electrons. The van der Waals surface area contributed by atoms with E-state index in [0.717, 1.165) is 41.7 Å². The first-order chi connectivity index (χ1) is 16.6. The average molecular weight is 456 g/mol. The van der Waals surface area contributed by atoms with Crippen molar-refractivity contribution >= 4 is 23.4 Å². The fourth-order valence-corrected chi connectivity index (χ4v) is 4.87. The Morgan fingerprint density at radius 3 is 2.53 bits per heavy atom. The van der Waals surface area contributed by atoms with Crippen molar-refractivity contribution in [1.82, 2.24) is 14.8 Å². The summed E-state index contributed by atoms with van der Waals surface area (Å²) in [6, 6.07) is 19.5. The molecular weight excluding hydrogens is 430 g/mol. The van der Waals surface area contributed by atoms with Crippen molar-refractivity contribution in [2.75, 3.05) is 0 Å². The number of hydrogen-bond acceptors (Lipinski definition) is 5.